The Kier molecular flexibility index (Phi) is 4.21. The van der Waals surface area contributed by atoms with Gasteiger partial charge in [-0.25, -0.2) is 8.78 Å². The third-order valence-corrected chi connectivity index (χ3v) is 3.31. The van der Waals surface area contributed by atoms with Crippen molar-refractivity contribution in [2.24, 2.45) is 0 Å². The Morgan fingerprint density at radius 2 is 2.26 bits per heavy atom. The molecule has 4 nitrogen and oxygen atoms in total. The van der Waals surface area contributed by atoms with Crippen LogP contribution in [0, 0.1) is 0 Å². The highest BCUT2D eigenvalue weighted by molar-refractivity contribution is 5.61. The minimum atomic E-state index is -2.58. The normalized spacial score (nSPS) is 23.9. The molecule has 0 amide bonds. The van der Waals surface area contributed by atoms with Crippen LogP contribution in [0.5, 0.6) is 0 Å². The molecule has 1 heterocycles. The zero-order chi connectivity index (χ0) is 14.0. The van der Waals surface area contributed by atoms with Gasteiger partial charge in [-0.3, -0.25) is 0 Å². The van der Waals surface area contributed by atoms with Crippen LogP contribution in [0.25, 0.3) is 0 Å². The number of hydrogen-bond acceptors (Lipinski definition) is 4. The molecule has 1 aliphatic rings. The first kappa shape index (κ1) is 14.0. The van der Waals surface area contributed by atoms with Crippen LogP contribution < -0.4 is 10.6 Å². The number of halogens is 2. The zero-order valence-electron chi connectivity index (χ0n) is 10.7. The Bertz CT molecular complexity index is 443. The highest BCUT2D eigenvalue weighted by Gasteiger charge is 2.28. The number of aliphatic hydroxyl groups excluding tert-OH is 1. The Morgan fingerprint density at radius 1 is 1.53 bits per heavy atom. The molecular formula is C13H18F2N2O2. The van der Waals surface area contributed by atoms with E-state index in [1.807, 2.05) is 11.8 Å². The lowest BCUT2D eigenvalue weighted by Crippen LogP contribution is -2.50. The predicted octanol–water partition coefficient (Wildman–Crippen LogP) is 1.79. The maximum atomic E-state index is 13.1. The van der Waals surface area contributed by atoms with Crippen molar-refractivity contribution in [3.63, 3.8) is 0 Å². The van der Waals surface area contributed by atoms with Gasteiger partial charge in [0.15, 0.2) is 0 Å². The number of anilines is 2. The number of rotatable bonds is 3. The number of nitrogens with zero attached hydrogens (tertiary/aromatic N) is 1. The molecule has 19 heavy (non-hydrogen) atoms. The van der Waals surface area contributed by atoms with Gasteiger partial charge in [-0.05, 0) is 25.1 Å². The van der Waals surface area contributed by atoms with Crippen LogP contribution in [-0.2, 0) is 4.74 Å². The van der Waals surface area contributed by atoms with Crippen molar-refractivity contribution >= 4 is 11.4 Å². The Balaban J connectivity index is 2.33. The molecule has 1 saturated heterocycles. The quantitative estimate of drug-likeness (QED) is 0.824. The lowest BCUT2D eigenvalue weighted by atomic mass is 10.1. The summed E-state index contributed by atoms with van der Waals surface area (Å²) in [5, 5.41) is 9.14. The van der Waals surface area contributed by atoms with Gasteiger partial charge in [-0.15, -0.1) is 0 Å². The standard InChI is InChI=1S/C13H18F2N2O2/c1-8-7-19-10(6-18)5-17(8)12-3-2-9(16)4-11(12)13(14)15/h2-4,8,10,13,18H,5-7,16H2,1H3. The first-order chi connectivity index (χ1) is 9.02. The molecule has 2 atom stereocenters. The molecule has 1 aliphatic heterocycles. The summed E-state index contributed by atoms with van der Waals surface area (Å²) in [7, 11) is 0. The molecule has 106 valence electrons. The van der Waals surface area contributed by atoms with Crippen molar-refractivity contribution in [3.05, 3.63) is 23.8 Å². The van der Waals surface area contributed by atoms with Crippen molar-refractivity contribution in [3.8, 4) is 0 Å². The Morgan fingerprint density at radius 3 is 2.89 bits per heavy atom. The molecule has 6 heteroatoms. The van der Waals surface area contributed by atoms with Crippen molar-refractivity contribution in [1.82, 2.24) is 0 Å². The average Bonchev–Trinajstić information content (AvgIpc) is 2.39. The minimum absolute atomic E-state index is 0.0241. The maximum Gasteiger partial charge on any atom is 0.265 e. The van der Waals surface area contributed by atoms with E-state index in [-0.39, 0.29) is 24.3 Å². The van der Waals surface area contributed by atoms with Crippen LogP contribution in [0.4, 0.5) is 20.2 Å². The summed E-state index contributed by atoms with van der Waals surface area (Å²) in [5.41, 5.74) is 6.26. The van der Waals surface area contributed by atoms with Crippen LogP contribution in [0.3, 0.4) is 0 Å². The number of nitrogen functional groups attached to an aromatic ring is 1. The highest BCUT2D eigenvalue weighted by Crippen LogP contribution is 2.33. The Labute approximate surface area is 110 Å². The summed E-state index contributed by atoms with van der Waals surface area (Å²) in [6.45, 7) is 2.57. The lowest BCUT2D eigenvalue weighted by Gasteiger charge is -2.40. The predicted molar refractivity (Wildman–Crippen MR) is 69.4 cm³/mol. The SMILES string of the molecule is CC1COC(CO)CN1c1ccc(N)cc1C(F)F. The smallest absolute Gasteiger partial charge is 0.265 e. The van der Waals surface area contributed by atoms with E-state index in [1.165, 1.54) is 6.07 Å². The zero-order valence-corrected chi connectivity index (χ0v) is 10.7. The van der Waals surface area contributed by atoms with Crippen molar-refractivity contribution < 1.29 is 18.6 Å². The van der Waals surface area contributed by atoms with Crippen LogP contribution in [0.15, 0.2) is 18.2 Å². The fourth-order valence-corrected chi connectivity index (χ4v) is 2.27. The van der Waals surface area contributed by atoms with E-state index in [0.717, 1.165) is 0 Å². The third-order valence-electron chi connectivity index (χ3n) is 3.31. The molecule has 0 bridgehead atoms. The van der Waals surface area contributed by atoms with E-state index in [4.69, 9.17) is 15.6 Å². The minimum Gasteiger partial charge on any atom is -0.399 e. The third kappa shape index (κ3) is 2.96. The van der Waals surface area contributed by atoms with E-state index >= 15 is 0 Å². The van der Waals surface area contributed by atoms with Crippen LogP contribution in [0.2, 0.25) is 0 Å². The molecule has 1 fully saturated rings. The van der Waals surface area contributed by atoms with Gasteiger partial charge in [0.2, 0.25) is 0 Å². The van der Waals surface area contributed by atoms with Crippen molar-refractivity contribution in [2.75, 3.05) is 30.4 Å². The van der Waals surface area contributed by atoms with E-state index in [9.17, 15) is 8.78 Å². The number of alkyl halides is 2. The van der Waals surface area contributed by atoms with Crippen molar-refractivity contribution in [2.45, 2.75) is 25.5 Å². The first-order valence-corrected chi connectivity index (χ1v) is 6.19. The van der Waals surface area contributed by atoms with Crippen LogP contribution >= 0.6 is 0 Å². The van der Waals surface area contributed by atoms with Gasteiger partial charge < -0.3 is 20.5 Å². The van der Waals surface area contributed by atoms with Crippen molar-refractivity contribution in [1.29, 1.82) is 0 Å². The van der Waals surface area contributed by atoms with Gasteiger partial charge in [-0.2, -0.15) is 0 Å². The van der Waals surface area contributed by atoms with Crippen LogP contribution in [-0.4, -0.2) is 37.0 Å². The molecule has 3 N–H and O–H groups in total. The summed E-state index contributed by atoms with van der Waals surface area (Å²) in [5.74, 6) is 0. The lowest BCUT2D eigenvalue weighted by molar-refractivity contribution is -0.0105. The number of ether oxygens (including phenoxy) is 1. The molecule has 0 saturated carbocycles. The van der Waals surface area contributed by atoms with Crippen LogP contribution in [0.1, 0.15) is 18.9 Å². The average molecular weight is 272 g/mol. The molecule has 1 aromatic carbocycles. The monoisotopic (exact) mass is 272 g/mol. The molecule has 2 unspecified atom stereocenters. The van der Waals surface area contributed by atoms with E-state index in [1.54, 1.807) is 12.1 Å². The summed E-state index contributed by atoms with van der Waals surface area (Å²) >= 11 is 0. The molecule has 0 aliphatic carbocycles. The fraction of sp³-hybridized carbons (Fsp3) is 0.538. The summed E-state index contributed by atoms with van der Waals surface area (Å²) in [6, 6.07) is 4.49. The van der Waals surface area contributed by atoms with E-state index < -0.39 is 6.43 Å². The van der Waals surface area contributed by atoms with E-state index in [2.05, 4.69) is 0 Å². The highest BCUT2D eigenvalue weighted by atomic mass is 19.3. The molecular weight excluding hydrogens is 254 g/mol. The van der Waals surface area contributed by atoms with E-state index in [0.29, 0.717) is 24.5 Å². The second-order valence-corrected chi connectivity index (χ2v) is 4.76. The number of nitrogens with two attached hydrogens (primary N) is 1. The second kappa shape index (κ2) is 5.71. The van der Waals surface area contributed by atoms with Gasteiger partial charge in [0, 0.05) is 29.5 Å². The molecule has 2 rings (SSSR count). The Hall–Kier alpha value is -1.40. The summed E-state index contributed by atoms with van der Waals surface area (Å²) < 4.78 is 31.6. The first-order valence-electron chi connectivity index (χ1n) is 6.19. The van der Waals surface area contributed by atoms with Gasteiger partial charge >= 0.3 is 0 Å². The number of aliphatic hydroxyl groups is 1. The largest absolute Gasteiger partial charge is 0.399 e. The molecule has 0 spiro atoms. The number of benzene rings is 1. The van der Waals surface area contributed by atoms with Gasteiger partial charge in [0.1, 0.15) is 0 Å². The summed E-state index contributed by atoms with van der Waals surface area (Å²) in [6.07, 6.45) is -2.93. The maximum absolute atomic E-state index is 13.1. The van der Waals surface area contributed by atoms with Gasteiger partial charge in [0.25, 0.3) is 6.43 Å². The second-order valence-electron chi connectivity index (χ2n) is 4.76. The number of morpholine rings is 1. The number of hydrogen-bond donors (Lipinski definition) is 2. The topological polar surface area (TPSA) is 58.7 Å². The summed E-state index contributed by atoms with van der Waals surface area (Å²) in [4.78, 5) is 1.84. The van der Waals surface area contributed by atoms with Gasteiger partial charge in [-0.1, -0.05) is 0 Å². The van der Waals surface area contributed by atoms with Gasteiger partial charge in [0.05, 0.1) is 19.3 Å². The molecule has 1 aromatic rings. The molecule has 0 aromatic heterocycles. The molecule has 0 radical (unpaired) electrons. The fourth-order valence-electron chi connectivity index (χ4n) is 2.27.